The third-order valence-electron chi connectivity index (χ3n) is 3.02. The van der Waals surface area contributed by atoms with E-state index in [1.165, 1.54) is 6.42 Å². The van der Waals surface area contributed by atoms with Gasteiger partial charge < -0.3 is 15.4 Å². The Morgan fingerprint density at radius 3 is 2.70 bits per heavy atom. The zero-order valence-corrected chi connectivity index (χ0v) is 13.3. The molecule has 0 saturated carbocycles. The third-order valence-corrected chi connectivity index (χ3v) is 3.02. The second kappa shape index (κ2) is 8.44. The number of nitrogens with zero attached hydrogens (tertiary/aromatic N) is 1. The predicted octanol–water partition coefficient (Wildman–Crippen LogP) is 1.09. The molecule has 20 heavy (non-hydrogen) atoms. The lowest BCUT2D eigenvalue weighted by atomic mass is 10.2. The molecule has 0 unspecified atom stereocenters. The van der Waals surface area contributed by atoms with Crippen LogP contribution in [0.4, 0.5) is 4.79 Å². The molecule has 1 amide bonds. The molecule has 3 N–H and O–H groups in total. The van der Waals surface area contributed by atoms with Gasteiger partial charge in [-0.3, -0.25) is 5.43 Å². The lowest BCUT2D eigenvalue weighted by Gasteiger charge is -2.26. The van der Waals surface area contributed by atoms with Gasteiger partial charge in [0.25, 0.3) is 0 Å². The van der Waals surface area contributed by atoms with Crippen LogP contribution < -0.4 is 16.1 Å². The van der Waals surface area contributed by atoms with Gasteiger partial charge in [0, 0.05) is 32.2 Å². The van der Waals surface area contributed by atoms with E-state index in [0.29, 0.717) is 6.04 Å². The summed E-state index contributed by atoms with van der Waals surface area (Å²) in [5, 5.41) is 8.74. The molecular formula is C14H30N4O2. The Labute approximate surface area is 122 Å². The molecule has 0 aliphatic carbocycles. The number of hydrogen-bond donors (Lipinski definition) is 3. The monoisotopic (exact) mass is 286 g/mol. The molecule has 1 fully saturated rings. The van der Waals surface area contributed by atoms with Gasteiger partial charge in [0.05, 0.1) is 0 Å². The van der Waals surface area contributed by atoms with Crippen molar-refractivity contribution in [1.82, 2.24) is 21.1 Å². The van der Waals surface area contributed by atoms with Crippen molar-refractivity contribution in [3.05, 3.63) is 0 Å². The maximum atomic E-state index is 11.8. The molecule has 118 valence electrons. The molecule has 1 heterocycles. The first-order valence-electron chi connectivity index (χ1n) is 7.59. The van der Waals surface area contributed by atoms with E-state index in [-0.39, 0.29) is 6.09 Å². The summed E-state index contributed by atoms with van der Waals surface area (Å²) in [6, 6.07) is 0.556. The van der Waals surface area contributed by atoms with Gasteiger partial charge in [-0.25, -0.2) is 9.80 Å². The summed E-state index contributed by atoms with van der Waals surface area (Å²) in [5.74, 6) is 0. The highest BCUT2D eigenvalue weighted by Gasteiger charge is 2.18. The summed E-state index contributed by atoms with van der Waals surface area (Å²) in [4.78, 5) is 11.8. The predicted molar refractivity (Wildman–Crippen MR) is 80.5 cm³/mol. The second-order valence-corrected chi connectivity index (χ2v) is 6.24. The summed E-state index contributed by atoms with van der Waals surface area (Å²) in [6.45, 7) is 12.3. The molecule has 1 aliphatic heterocycles. The van der Waals surface area contributed by atoms with Crippen molar-refractivity contribution in [2.24, 2.45) is 0 Å². The van der Waals surface area contributed by atoms with Crippen LogP contribution in [-0.2, 0) is 4.74 Å². The molecule has 0 bridgehead atoms. The highest BCUT2D eigenvalue weighted by molar-refractivity contribution is 5.67. The van der Waals surface area contributed by atoms with Crippen LogP contribution in [0.25, 0.3) is 0 Å². The number of amides is 1. The number of nitrogens with one attached hydrogen (secondary N) is 3. The number of ether oxygens (including phenoxy) is 1. The van der Waals surface area contributed by atoms with Crippen molar-refractivity contribution < 1.29 is 9.53 Å². The normalized spacial score (nSPS) is 19.4. The van der Waals surface area contributed by atoms with Gasteiger partial charge in [-0.05, 0) is 40.2 Å². The van der Waals surface area contributed by atoms with Crippen LogP contribution in [0.5, 0.6) is 0 Å². The minimum absolute atomic E-state index is 0.381. The van der Waals surface area contributed by atoms with Crippen molar-refractivity contribution in [1.29, 1.82) is 0 Å². The van der Waals surface area contributed by atoms with Crippen molar-refractivity contribution in [3.8, 4) is 0 Å². The number of rotatable bonds is 7. The van der Waals surface area contributed by atoms with E-state index in [9.17, 15) is 4.79 Å². The minimum Gasteiger partial charge on any atom is -0.443 e. The summed E-state index contributed by atoms with van der Waals surface area (Å²) in [7, 11) is 0. The van der Waals surface area contributed by atoms with Crippen molar-refractivity contribution >= 4 is 6.09 Å². The number of carbonyl (C=O) groups excluding carboxylic acids is 1. The maximum absolute atomic E-state index is 11.8. The lowest BCUT2D eigenvalue weighted by Crippen LogP contribution is -2.48. The van der Waals surface area contributed by atoms with E-state index >= 15 is 0 Å². The quantitative estimate of drug-likeness (QED) is 0.611. The molecule has 6 nitrogen and oxygen atoms in total. The van der Waals surface area contributed by atoms with Crippen molar-refractivity contribution in [3.63, 3.8) is 0 Å². The smallest absolute Gasteiger partial charge is 0.422 e. The van der Waals surface area contributed by atoms with Gasteiger partial charge in [-0.2, -0.15) is 0 Å². The largest absolute Gasteiger partial charge is 0.443 e. The molecule has 1 atom stereocenters. The van der Waals surface area contributed by atoms with Gasteiger partial charge in [0.1, 0.15) is 5.60 Å². The molecule has 1 aliphatic rings. The van der Waals surface area contributed by atoms with Gasteiger partial charge in [0.2, 0.25) is 0 Å². The van der Waals surface area contributed by atoms with Crippen molar-refractivity contribution in [2.45, 2.75) is 52.2 Å². The minimum atomic E-state index is -0.463. The first-order chi connectivity index (χ1) is 9.40. The van der Waals surface area contributed by atoms with E-state index in [1.54, 1.807) is 0 Å². The Kier molecular flexibility index (Phi) is 7.26. The van der Waals surface area contributed by atoms with Gasteiger partial charge in [-0.1, -0.05) is 6.92 Å². The topological polar surface area (TPSA) is 65.6 Å². The molecule has 1 saturated heterocycles. The summed E-state index contributed by atoms with van der Waals surface area (Å²) < 4.78 is 5.27. The average Bonchev–Trinajstić information content (AvgIpc) is 2.79. The summed E-state index contributed by atoms with van der Waals surface area (Å²) in [6.07, 6.45) is 1.78. The Balaban J connectivity index is 2.26. The number of carbonyl (C=O) groups is 1. The number of hydrazine groups is 1. The zero-order chi connectivity index (χ0) is 15.0. The van der Waals surface area contributed by atoms with Crippen molar-refractivity contribution in [2.75, 3.05) is 32.7 Å². The van der Waals surface area contributed by atoms with E-state index < -0.39 is 5.60 Å². The Bertz CT molecular complexity index is 285. The van der Waals surface area contributed by atoms with E-state index in [1.807, 2.05) is 25.8 Å². The Morgan fingerprint density at radius 1 is 1.40 bits per heavy atom. The molecule has 0 radical (unpaired) electrons. The van der Waals surface area contributed by atoms with Crippen LogP contribution in [-0.4, -0.2) is 55.5 Å². The fourth-order valence-corrected chi connectivity index (χ4v) is 2.16. The molecule has 0 aromatic rings. The van der Waals surface area contributed by atoms with Crippen LogP contribution in [0, 0.1) is 0 Å². The standard InChI is InChI=1S/C14H30N4O2/c1-5-9-18(17-13(19)20-14(2,3)4)10-8-16-12-6-7-15-11-12/h12,15-16H,5-11H2,1-4H3,(H,17,19)/t12-/m0/s1. The zero-order valence-electron chi connectivity index (χ0n) is 13.3. The average molecular weight is 286 g/mol. The third kappa shape index (κ3) is 7.67. The number of hydrogen-bond acceptors (Lipinski definition) is 5. The highest BCUT2D eigenvalue weighted by atomic mass is 16.6. The van der Waals surface area contributed by atoms with Crippen LogP contribution in [0.15, 0.2) is 0 Å². The fourth-order valence-electron chi connectivity index (χ4n) is 2.16. The van der Waals surface area contributed by atoms with Gasteiger partial charge in [0.15, 0.2) is 0 Å². The molecule has 0 aromatic heterocycles. The van der Waals surface area contributed by atoms with Crippen LogP contribution in [0.1, 0.15) is 40.5 Å². The van der Waals surface area contributed by atoms with Crippen LogP contribution in [0.2, 0.25) is 0 Å². The van der Waals surface area contributed by atoms with Gasteiger partial charge >= 0.3 is 6.09 Å². The van der Waals surface area contributed by atoms with E-state index in [0.717, 1.165) is 39.1 Å². The second-order valence-electron chi connectivity index (χ2n) is 6.24. The van der Waals surface area contributed by atoms with E-state index in [4.69, 9.17) is 4.74 Å². The van der Waals surface area contributed by atoms with Crippen LogP contribution >= 0.6 is 0 Å². The molecule has 0 spiro atoms. The van der Waals surface area contributed by atoms with Crippen LogP contribution in [0.3, 0.4) is 0 Å². The fraction of sp³-hybridized carbons (Fsp3) is 0.929. The lowest BCUT2D eigenvalue weighted by molar-refractivity contribution is 0.0330. The summed E-state index contributed by atoms with van der Waals surface area (Å²) in [5.41, 5.74) is 2.35. The van der Waals surface area contributed by atoms with Gasteiger partial charge in [-0.15, -0.1) is 0 Å². The molecule has 6 heteroatoms. The Hall–Kier alpha value is -0.850. The first kappa shape index (κ1) is 17.2. The first-order valence-corrected chi connectivity index (χ1v) is 7.59. The maximum Gasteiger partial charge on any atom is 0.422 e. The molecular weight excluding hydrogens is 256 g/mol. The molecule has 0 aromatic carbocycles. The summed E-state index contributed by atoms with van der Waals surface area (Å²) >= 11 is 0. The Morgan fingerprint density at radius 2 is 2.15 bits per heavy atom. The SMILES string of the molecule is CCCN(CCN[C@H]1CCNC1)NC(=O)OC(C)(C)C. The molecule has 1 rings (SSSR count). The van der Waals surface area contributed by atoms with E-state index in [2.05, 4.69) is 23.0 Å². The highest BCUT2D eigenvalue weighted by Crippen LogP contribution is 2.06.